The van der Waals surface area contributed by atoms with E-state index >= 15 is 0 Å². The number of ether oxygens (including phenoxy) is 2. The van der Waals surface area contributed by atoms with Crippen molar-refractivity contribution in [2.75, 3.05) is 6.61 Å². The van der Waals surface area contributed by atoms with Crippen molar-refractivity contribution in [1.82, 2.24) is 0 Å². The Hall–Kier alpha value is -1.34. The first-order chi connectivity index (χ1) is 15.9. The fourth-order valence-electron chi connectivity index (χ4n) is 5.05. The summed E-state index contributed by atoms with van der Waals surface area (Å²) in [7, 11) is 0. The second-order valence-electron chi connectivity index (χ2n) is 9.50. The number of hydrogen-bond donors (Lipinski definition) is 1. The van der Waals surface area contributed by atoms with Crippen LogP contribution in [0.2, 0.25) is 0 Å². The number of hydrogen-bond acceptors (Lipinski definition) is 4. The van der Waals surface area contributed by atoms with E-state index in [9.17, 15) is 23.5 Å². The predicted octanol–water partition coefficient (Wildman–Crippen LogP) is 6.85. The fraction of sp³-hybridized carbons (Fsp3) is 0.808. The molecular weight excluding hydrogens is 430 g/mol. The van der Waals surface area contributed by atoms with Crippen LogP contribution >= 0.6 is 0 Å². The molecule has 7 heteroatoms. The maximum atomic E-state index is 14.1. The molecule has 1 saturated heterocycles. The molecule has 0 spiro atoms. The van der Waals surface area contributed by atoms with Crippen molar-refractivity contribution in [1.29, 1.82) is 0 Å². The maximum absolute atomic E-state index is 14.1. The second-order valence-corrected chi connectivity index (χ2v) is 9.50. The molecular formula is C26H41F2O5. The number of carbonyl (C=O) groups excluding carboxylic acids is 1. The van der Waals surface area contributed by atoms with Gasteiger partial charge >= 0.3 is 12.4 Å². The highest BCUT2D eigenvalue weighted by Crippen LogP contribution is 2.54. The lowest BCUT2D eigenvalue weighted by Gasteiger charge is -2.32. The third kappa shape index (κ3) is 8.75. The molecule has 2 rings (SSSR count). The van der Waals surface area contributed by atoms with Gasteiger partial charge in [0.05, 0.1) is 5.41 Å². The number of carboxylic acid groups (broad SMARTS) is 1. The van der Waals surface area contributed by atoms with Crippen LogP contribution in [0, 0.1) is 17.8 Å². The number of halogens is 2. The highest BCUT2D eigenvalue weighted by Gasteiger charge is 2.54. The minimum atomic E-state index is -1.60. The number of rotatable bonds is 16. The molecule has 1 heterocycles. The number of aliphatic carboxylic acids is 1. The van der Waals surface area contributed by atoms with Crippen LogP contribution in [0.3, 0.4) is 0 Å². The zero-order valence-electron chi connectivity index (χ0n) is 20.0. The average Bonchev–Trinajstić information content (AvgIpc) is 3.12. The van der Waals surface area contributed by atoms with Crippen molar-refractivity contribution in [2.24, 2.45) is 11.3 Å². The molecule has 1 aliphatic heterocycles. The van der Waals surface area contributed by atoms with E-state index in [1.807, 2.05) is 0 Å². The van der Waals surface area contributed by atoms with Crippen molar-refractivity contribution < 1.29 is 33.0 Å². The van der Waals surface area contributed by atoms with Crippen molar-refractivity contribution in [2.45, 2.75) is 116 Å². The van der Waals surface area contributed by atoms with Crippen molar-refractivity contribution >= 4 is 11.8 Å². The summed E-state index contributed by atoms with van der Waals surface area (Å²) < 4.78 is 39.2. The number of unbranched alkanes of at least 4 members (excludes halogenated alkanes) is 5. The first kappa shape index (κ1) is 27.9. The van der Waals surface area contributed by atoms with Crippen LogP contribution in [0.4, 0.5) is 8.78 Å². The summed E-state index contributed by atoms with van der Waals surface area (Å²) >= 11 is 0. The van der Waals surface area contributed by atoms with Gasteiger partial charge in [0, 0.05) is 18.9 Å². The van der Waals surface area contributed by atoms with E-state index in [0.717, 1.165) is 44.9 Å². The fourth-order valence-corrected chi connectivity index (χ4v) is 5.05. The molecule has 2 unspecified atom stereocenters. The Labute approximate surface area is 197 Å². The monoisotopic (exact) mass is 471 g/mol. The van der Waals surface area contributed by atoms with E-state index in [0.29, 0.717) is 25.9 Å². The second kappa shape index (κ2) is 14.8. The zero-order chi connectivity index (χ0) is 24.1. The van der Waals surface area contributed by atoms with Gasteiger partial charge in [0.25, 0.3) is 0 Å². The number of ketones is 1. The lowest BCUT2D eigenvalue weighted by Crippen LogP contribution is -2.32. The van der Waals surface area contributed by atoms with Gasteiger partial charge in [-0.2, -0.15) is 8.78 Å². The molecule has 1 aliphatic carbocycles. The van der Waals surface area contributed by atoms with Crippen LogP contribution in [0.5, 0.6) is 0 Å². The molecule has 33 heavy (non-hydrogen) atoms. The minimum Gasteiger partial charge on any atom is -0.479 e. The lowest BCUT2D eigenvalue weighted by molar-refractivity contribution is -0.201. The Morgan fingerprint density at radius 3 is 2.64 bits per heavy atom. The highest BCUT2D eigenvalue weighted by atomic mass is 19.3. The van der Waals surface area contributed by atoms with Crippen molar-refractivity contribution in [3.8, 4) is 0 Å². The van der Waals surface area contributed by atoms with Gasteiger partial charge in [-0.3, -0.25) is 4.79 Å². The van der Waals surface area contributed by atoms with Gasteiger partial charge < -0.3 is 14.6 Å². The number of Topliss-reactive ketones (excluding diaryl/α,β-unsaturated/α-hetero) is 1. The number of carbonyl (C=O) groups is 2. The Morgan fingerprint density at radius 2 is 1.97 bits per heavy atom. The summed E-state index contributed by atoms with van der Waals surface area (Å²) in [5, 5.41) is 9.41. The molecule has 0 bridgehead atoms. The SMILES string of the molecule is CCCCCCCC[C@@]1([C](F)F)CCC(=O)[C@@H]1CC=CCCC(OC1CCCCO1)C(=O)O. The average molecular weight is 472 g/mol. The quantitative estimate of drug-likeness (QED) is 0.197. The van der Waals surface area contributed by atoms with Gasteiger partial charge in [0.2, 0.25) is 0 Å². The van der Waals surface area contributed by atoms with E-state index in [1.165, 1.54) is 6.42 Å². The third-order valence-electron chi connectivity index (χ3n) is 7.09. The van der Waals surface area contributed by atoms with E-state index in [1.54, 1.807) is 12.2 Å². The van der Waals surface area contributed by atoms with Crippen molar-refractivity contribution in [3.63, 3.8) is 0 Å². The Bertz CT molecular complexity index is 618. The van der Waals surface area contributed by atoms with Crippen LogP contribution < -0.4 is 0 Å². The van der Waals surface area contributed by atoms with Crippen LogP contribution in [-0.2, 0) is 19.1 Å². The largest absolute Gasteiger partial charge is 0.479 e. The third-order valence-corrected chi connectivity index (χ3v) is 7.09. The van der Waals surface area contributed by atoms with Gasteiger partial charge in [0.15, 0.2) is 12.4 Å². The van der Waals surface area contributed by atoms with Gasteiger partial charge in [-0.25, -0.2) is 4.79 Å². The molecule has 5 nitrogen and oxygen atoms in total. The van der Waals surface area contributed by atoms with Gasteiger partial charge in [0.1, 0.15) is 5.78 Å². The first-order valence-corrected chi connectivity index (χ1v) is 12.8. The summed E-state index contributed by atoms with van der Waals surface area (Å²) in [6.07, 6.45) is 11.0. The summed E-state index contributed by atoms with van der Waals surface area (Å²) in [6.45, 7) is 2.72. The smallest absolute Gasteiger partial charge is 0.332 e. The summed E-state index contributed by atoms with van der Waals surface area (Å²) in [5.41, 5.74) is -1.29. The van der Waals surface area contributed by atoms with Crippen LogP contribution in [-0.4, -0.2) is 35.9 Å². The number of allylic oxidation sites excluding steroid dienone is 2. The molecule has 4 atom stereocenters. The molecule has 2 aliphatic rings. The summed E-state index contributed by atoms with van der Waals surface area (Å²) in [6, 6.07) is 0. The highest BCUT2D eigenvalue weighted by molar-refractivity contribution is 5.84. The van der Waals surface area contributed by atoms with E-state index in [2.05, 4.69) is 6.92 Å². The molecule has 0 amide bonds. The van der Waals surface area contributed by atoms with Crippen LogP contribution in [0.1, 0.15) is 103 Å². The van der Waals surface area contributed by atoms with Gasteiger partial charge in [-0.05, 0) is 51.4 Å². The molecule has 0 aromatic rings. The molecule has 1 saturated carbocycles. The molecule has 1 N–H and O–H groups in total. The molecule has 189 valence electrons. The Balaban J connectivity index is 1.83. The van der Waals surface area contributed by atoms with Crippen molar-refractivity contribution in [3.05, 3.63) is 18.6 Å². The number of carboxylic acids is 1. The lowest BCUT2D eigenvalue weighted by atomic mass is 9.72. The molecule has 2 fully saturated rings. The Morgan fingerprint density at radius 1 is 1.21 bits per heavy atom. The zero-order valence-corrected chi connectivity index (χ0v) is 20.0. The molecule has 0 aromatic heterocycles. The van der Waals surface area contributed by atoms with E-state index in [4.69, 9.17) is 9.47 Å². The van der Waals surface area contributed by atoms with Crippen LogP contribution in [0.15, 0.2) is 12.2 Å². The summed E-state index contributed by atoms with van der Waals surface area (Å²) in [5.74, 6) is -1.80. The van der Waals surface area contributed by atoms with Gasteiger partial charge in [-0.1, -0.05) is 57.6 Å². The Kier molecular flexibility index (Phi) is 12.5. The predicted molar refractivity (Wildman–Crippen MR) is 123 cm³/mol. The van der Waals surface area contributed by atoms with E-state index < -0.39 is 36.1 Å². The van der Waals surface area contributed by atoms with E-state index in [-0.39, 0.29) is 31.5 Å². The minimum absolute atomic E-state index is 0.0837. The molecule has 0 aromatic carbocycles. The van der Waals surface area contributed by atoms with Gasteiger partial charge in [-0.15, -0.1) is 0 Å². The summed E-state index contributed by atoms with van der Waals surface area (Å²) in [4.78, 5) is 24.0. The standard InChI is InChI=1S/C26H41F2O5/c1-2-3-4-5-6-11-17-26(25(27)28)18-16-21(29)20(26)13-8-7-9-14-22(24(30)31)33-23-15-10-12-19-32-23/h7-8,20,22-23H,2-6,9-19H2,1H3,(H,30,31)/t20-,22?,23?,26+/m0/s1. The maximum Gasteiger partial charge on any atom is 0.332 e. The van der Waals surface area contributed by atoms with Crippen LogP contribution in [0.25, 0.3) is 0 Å². The molecule has 1 radical (unpaired) electrons. The first-order valence-electron chi connectivity index (χ1n) is 12.8. The topological polar surface area (TPSA) is 72.8 Å². The normalized spacial score (nSPS) is 27.0.